The number of carbonyl (C=O) groups excluding carboxylic acids is 4. The average Bonchev–Trinajstić information content (AvgIpc) is 2.72. The highest BCUT2D eigenvalue weighted by Crippen LogP contribution is 2.15. The Morgan fingerprint density at radius 3 is 1.27 bits per heavy atom. The Balaban J connectivity index is 0.00000112. The summed E-state index contributed by atoms with van der Waals surface area (Å²) in [5, 5.41) is 65.3. The number of aldehydes is 4. The van der Waals surface area contributed by atoms with Gasteiger partial charge in [-0.25, -0.2) is 0 Å². The van der Waals surface area contributed by atoms with Crippen LogP contribution < -0.4 is 0 Å². The van der Waals surface area contributed by atoms with Crippen LogP contribution in [0.25, 0.3) is 24.3 Å². The van der Waals surface area contributed by atoms with Crippen LogP contribution in [0.5, 0.6) is 5.75 Å². The van der Waals surface area contributed by atoms with Crippen LogP contribution in [0.3, 0.4) is 0 Å². The van der Waals surface area contributed by atoms with E-state index in [0.717, 1.165) is 153 Å². The maximum absolute atomic E-state index is 10.6. The van der Waals surface area contributed by atoms with E-state index in [2.05, 4.69) is 45.6 Å². The van der Waals surface area contributed by atoms with Gasteiger partial charge in [0.15, 0.2) is 0 Å². The van der Waals surface area contributed by atoms with Crippen LogP contribution in [0.1, 0.15) is 237 Å². The largest absolute Gasteiger partial charge is 0.508 e. The van der Waals surface area contributed by atoms with Gasteiger partial charge in [0, 0.05) is 34.2 Å². The zero-order valence-electron chi connectivity index (χ0n) is 54.9. The maximum atomic E-state index is 10.6. The van der Waals surface area contributed by atoms with Crippen molar-refractivity contribution in [3.8, 4) is 17.6 Å². The minimum Gasteiger partial charge on any atom is -0.508 e. The third-order valence-electron chi connectivity index (χ3n) is 13.7. The van der Waals surface area contributed by atoms with E-state index in [9.17, 15) is 44.4 Å². The Bertz CT molecular complexity index is 3090. The van der Waals surface area contributed by atoms with Crippen LogP contribution in [0, 0.1) is 18.8 Å². The molecule has 7 N–H and O–H groups in total. The van der Waals surface area contributed by atoms with Gasteiger partial charge in [0.25, 0.3) is 0 Å². The molecule has 4 unspecified atom stereocenters. The molecule has 0 bridgehead atoms. The summed E-state index contributed by atoms with van der Waals surface area (Å²) in [6, 6.07) is 43.8. The number of aryl methyl sites for hydroxylation is 1. The molecule has 0 amide bonds. The molecular formula is C81H106O12. The van der Waals surface area contributed by atoms with Crippen LogP contribution >= 0.6 is 0 Å². The molecule has 0 aliphatic carbocycles. The summed E-state index contributed by atoms with van der Waals surface area (Å²) in [5.41, 5.74) is 9.41. The molecule has 12 heteroatoms. The molecule has 0 radical (unpaired) electrons. The number of carboxylic acid groups (broad SMARTS) is 1. The van der Waals surface area contributed by atoms with Crippen molar-refractivity contribution in [2.45, 2.75) is 195 Å². The first-order chi connectivity index (χ1) is 44.5. The summed E-state index contributed by atoms with van der Waals surface area (Å²) in [7, 11) is 0. The Kier molecular flexibility index (Phi) is 51.3. The number of phenols is 1. The van der Waals surface area contributed by atoms with Crippen LogP contribution in [-0.4, -0.2) is 91.3 Å². The standard InChI is InChI=1S/C20H28O3.C15H22O2.C15H20O2.C15H18O2.C8H8O.C7H6O2.CH4/c1-2-3-5-12-19(21)15-14-18-11-8-10-17(16-18)9-6-4-7-13-20(22)23;3*1-2-3-4-8-15(17)10-9-13-6-5-7-14(11-13)12-16;1-7-3-2-4-8(5-7)6-9;8-5-6-2-1-3-7(9)4-6;/h6,8-11,14-16,19,21H,2-5,7,12-13H2,1H3,(H,22,23);5-7,9-11,15-17H,2-4,8,12H2,1H3;5-7,9-12,15,17H,2-4,8H2,1H3;5-7,11-12,15,17H,2-4,8H2,1H3;2-6H,1H3;1-5,9H;1H4/b9-6-,15-14+;2*10-9+;;;;. The molecule has 4 atom stereocenters. The normalized spacial score (nSPS) is 11.8. The Morgan fingerprint density at radius 1 is 0.452 bits per heavy atom. The number of carboxylic acids is 1. The predicted molar refractivity (Wildman–Crippen MR) is 384 cm³/mol. The highest BCUT2D eigenvalue weighted by atomic mass is 16.4. The number of hydrogen-bond acceptors (Lipinski definition) is 11. The smallest absolute Gasteiger partial charge is 0.303 e. The number of aliphatic hydroxyl groups excluding tert-OH is 5. The number of unbranched alkanes of at least 4 members (excludes halogenated alkanes) is 9. The highest BCUT2D eigenvalue weighted by molar-refractivity contribution is 5.77. The van der Waals surface area contributed by atoms with Crippen LogP contribution in [0.15, 0.2) is 170 Å². The molecule has 0 saturated carbocycles. The lowest BCUT2D eigenvalue weighted by Gasteiger charge is -2.04. The van der Waals surface area contributed by atoms with E-state index in [-0.39, 0.29) is 44.5 Å². The van der Waals surface area contributed by atoms with Crippen molar-refractivity contribution in [3.63, 3.8) is 0 Å². The van der Waals surface area contributed by atoms with Gasteiger partial charge in [-0.05, 0) is 128 Å². The number of rotatable bonds is 32. The lowest BCUT2D eigenvalue weighted by molar-refractivity contribution is -0.137. The van der Waals surface area contributed by atoms with Gasteiger partial charge in [0.05, 0.1) is 24.9 Å². The quantitative estimate of drug-likeness (QED) is 0.0119. The van der Waals surface area contributed by atoms with Crippen LogP contribution in [-0.2, 0) is 11.4 Å². The summed E-state index contributed by atoms with van der Waals surface area (Å²) in [6.07, 6.45) is 34.9. The second-order valence-corrected chi connectivity index (χ2v) is 22.1. The first-order valence-corrected chi connectivity index (χ1v) is 32.4. The minimum absolute atomic E-state index is 0. The third-order valence-corrected chi connectivity index (χ3v) is 13.7. The predicted octanol–water partition coefficient (Wildman–Crippen LogP) is 17.9. The monoisotopic (exact) mass is 1270 g/mol. The lowest BCUT2D eigenvalue weighted by Crippen LogP contribution is -2.02. The van der Waals surface area contributed by atoms with E-state index >= 15 is 0 Å². The molecule has 0 fully saturated rings. The van der Waals surface area contributed by atoms with Crippen molar-refractivity contribution in [2.75, 3.05) is 0 Å². The van der Waals surface area contributed by atoms with E-state index in [0.29, 0.717) is 35.8 Å². The van der Waals surface area contributed by atoms with E-state index in [1.54, 1.807) is 48.5 Å². The lowest BCUT2D eigenvalue weighted by atomic mass is 10.1. The number of hydrogen-bond donors (Lipinski definition) is 7. The summed E-state index contributed by atoms with van der Waals surface area (Å²) in [4.78, 5) is 51.8. The molecule has 0 aliphatic rings. The summed E-state index contributed by atoms with van der Waals surface area (Å²) in [6.45, 7) is 10.6. The molecule has 0 heterocycles. The van der Waals surface area contributed by atoms with Gasteiger partial charge < -0.3 is 35.7 Å². The number of benzene rings is 6. The third kappa shape index (κ3) is 46.3. The Labute approximate surface area is 556 Å². The second kappa shape index (κ2) is 56.4. The van der Waals surface area contributed by atoms with Gasteiger partial charge in [-0.3, -0.25) is 24.0 Å². The van der Waals surface area contributed by atoms with Crippen molar-refractivity contribution >= 4 is 55.4 Å². The zero-order valence-corrected chi connectivity index (χ0v) is 54.9. The van der Waals surface area contributed by atoms with Gasteiger partial charge in [-0.2, -0.15) is 0 Å². The summed E-state index contributed by atoms with van der Waals surface area (Å²) >= 11 is 0. The van der Waals surface area contributed by atoms with E-state index < -0.39 is 12.1 Å². The summed E-state index contributed by atoms with van der Waals surface area (Å²) < 4.78 is 0. The van der Waals surface area contributed by atoms with Gasteiger partial charge in [-0.1, -0.05) is 269 Å². The molecular weight excluding hydrogens is 1160 g/mol. The molecule has 6 aromatic carbocycles. The van der Waals surface area contributed by atoms with Crippen molar-refractivity contribution in [3.05, 3.63) is 231 Å². The molecule has 12 nitrogen and oxygen atoms in total. The molecule has 0 aromatic heterocycles. The summed E-state index contributed by atoms with van der Waals surface area (Å²) in [5.74, 6) is 5.06. The Morgan fingerprint density at radius 2 is 0.839 bits per heavy atom. The Hall–Kier alpha value is -8.41. The van der Waals surface area contributed by atoms with Crippen molar-refractivity contribution < 1.29 is 59.7 Å². The zero-order chi connectivity index (χ0) is 67.8. The number of aromatic hydroxyl groups is 1. The molecule has 0 saturated heterocycles. The first kappa shape index (κ1) is 84.6. The number of allylic oxidation sites excluding steroid dienone is 1. The van der Waals surface area contributed by atoms with E-state index in [1.807, 2.05) is 134 Å². The SMILES string of the molecule is C.CCCCCC(O)/C=C/c1cccc(/C=C\CCCC(=O)O)c1.CCCCCC(O)/C=C/c1cccc(C=O)c1.CCCCCC(O)/C=C/c1cccc(CO)c1.CCCCCC(O)C#Cc1cccc(C=O)c1.Cc1cccc(C=O)c1.O=Cc1cccc(O)c1. The average molecular weight is 1270 g/mol. The van der Waals surface area contributed by atoms with Gasteiger partial charge in [-0.15, -0.1) is 0 Å². The van der Waals surface area contributed by atoms with Gasteiger partial charge in [0.2, 0.25) is 0 Å². The number of aliphatic hydroxyl groups is 5. The molecule has 6 rings (SSSR count). The van der Waals surface area contributed by atoms with E-state index in [4.69, 9.17) is 15.3 Å². The number of carbonyl (C=O) groups is 5. The molecule has 6 aromatic rings. The topological polar surface area (TPSA) is 227 Å². The molecule has 502 valence electrons. The minimum atomic E-state index is -0.747. The van der Waals surface area contributed by atoms with Crippen LogP contribution in [0.4, 0.5) is 0 Å². The fraction of sp³-hybridized carbons (Fsp3) is 0.370. The fourth-order valence-electron chi connectivity index (χ4n) is 8.51. The van der Waals surface area contributed by atoms with Gasteiger partial charge in [0.1, 0.15) is 37.0 Å². The van der Waals surface area contributed by atoms with Crippen LogP contribution in [0.2, 0.25) is 0 Å². The molecule has 93 heavy (non-hydrogen) atoms. The van der Waals surface area contributed by atoms with Gasteiger partial charge >= 0.3 is 5.97 Å². The van der Waals surface area contributed by atoms with Crippen molar-refractivity contribution in [1.29, 1.82) is 0 Å². The second-order valence-electron chi connectivity index (χ2n) is 22.1. The number of aliphatic carboxylic acids is 1. The number of phenolic OH excluding ortho intramolecular Hbond substituents is 1. The van der Waals surface area contributed by atoms with E-state index in [1.165, 1.54) is 25.0 Å². The molecule has 0 aliphatic heterocycles. The molecule has 0 spiro atoms. The van der Waals surface area contributed by atoms with Crippen molar-refractivity contribution in [1.82, 2.24) is 0 Å². The fourth-order valence-corrected chi connectivity index (χ4v) is 8.51. The first-order valence-electron chi connectivity index (χ1n) is 32.4. The maximum Gasteiger partial charge on any atom is 0.303 e. The van der Waals surface area contributed by atoms with Crippen molar-refractivity contribution in [2.24, 2.45) is 0 Å². The highest BCUT2D eigenvalue weighted by Gasteiger charge is 2.03.